The molecule has 0 heterocycles. The Bertz CT molecular complexity index is 11.6. The summed E-state index contributed by atoms with van der Waals surface area (Å²) >= 11 is 0. The fourth-order valence-electron chi connectivity index (χ4n) is 0. The predicted octanol–water partition coefficient (Wildman–Crippen LogP) is -21.8. The monoisotopic (exact) mass is 649 g/mol. The Hall–Kier alpha value is 3.29. The van der Waals surface area contributed by atoms with Crippen molar-refractivity contribution in [1.82, 2.24) is 0 Å². The molecule has 75 valence electrons. The Morgan fingerprint density at radius 3 is 0.400 bits per heavy atom. The van der Waals surface area contributed by atoms with Crippen LogP contribution < -0.4 is 86.8 Å². The summed E-state index contributed by atoms with van der Waals surface area (Å²) in [6, 6.07) is 0. The maximum absolute atomic E-state index is 0. The van der Waals surface area contributed by atoms with E-state index in [9.17, 15) is 0 Å². The molecule has 10 heavy (non-hydrogen) atoms. The molecule has 0 aromatic carbocycles. The minimum absolute atomic E-state index is 0. The van der Waals surface area contributed by atoms with Gasteiger partial charge < -0.3 is 92.3 Å². The molecule has 0 atom stereocenters. The number of rotatable bonds is 0. The first kappa shape index (κ1) is 186. The summed E-state index contributed by atoms with van der Waals surface area (Å²) in [6.07, 6.45) is 0. The van der Waals surface area contributed by atoms with Gasteiger partial charge in [0.05, 0.1) is 0 Å². The molecule has 0 aliphatic rings. The fourth-order valence-corrected chi connectivity index (χ4v) is 0. The maximum atomic E-state index is 0. The summed E-state index contributed by atoms with van der Waals surface area (Å²) in [5.41, 5.74) is 0. The van der Waals surface area contributed by atoms with Crippen molar-refractivity contribution in [1.29, 1.82) is 0 Å². The van der Waals surface area contributed by atoms with E-state index < -0.39 is 0 Å². The van der Waals surface area contributed by atoms with Crippen LogP contribution in [-0.4, -0.2) is 5.48 Å². The van der Waals surface area contributed by atoms with Crippen molar-refractivity contribution in [2.24, 2.45) is 0 Å². The molecule has 0 amide bonds. The number of hydrogen-bond acceptors (Lipinski definition) is 0. The topological polar surface area (TPSA) is 31.5 Å². The van der Waals surface area contributed by atoms with E-state index in [1.165, 1.54) is 0 Å². The van der Waals surface area contributed by atoms with Gasteiger partial charge in [0.2, 0.25) is 0 Å². The fraction of sp³-hybridized carbons (Fsp3) is 0. The standard InChI is InChI=1S/7ClH.2Ir.H2O/h7*1H;;;1H2/q;;;;;;;+3;+4;/p-7. The van der Waals surface area contributed by atoms with Crippen LogP contribution in [0.3, 0.4) is 0 Å². The Morgan fingerprint density at radius 1 is 0.400 bits per heavy atom. The second-order valence-electron chi connectivity index (χ2n) is 0. The van der Waals surface area contributed by atoms with Gasteiger partial charge in [-0.2, -0.15) is 0 Å². The van der Waals surface area contributed by atoms with Crippen LogP contribution in [0.4, 0.5) is 0 Å². The molecular weight excluding hydrogens is 649 g/mol. The molecule has 0 aliphatic heterocycles. The largest absolute Gasteiger partial charge is 4.00 e. The molecule has 1 radical (unpaired) electrons. The second kappa shape index (κ2) is 145. The summed E-state index contributed by atoms with van der Waals surface area (Å²) in [4.78, 5) is 0. The minimum atomic E-state index is 0. The van der Waals surface area contributed by atoms with Crippen LogP contribution in [0, 0.1) is 0 Å². The van der Waals surface area contributed by atoms with Gasteiger partial charge in [0.25, 0.3) is 0 Å². The van der Waals surface area contributed by atoms with E-state index in [1.807, 2.05) is 0 Å². The van der Waals surface area contributed by atoms with Gasteiger partial charge in [0.1, 0.15) is 0 Å². The van der Waals surface area contributed by atoms with Crippen molar-refractivity contribution < 1.29 is 133 Å². The van der Waals surface area contributed by atoms with E-state index in [0.29, 0.717) is 0 Å². The van der Waals surface area contributed by atoms with Crippen molar-refractivity contribution >= 4 is 0 Å². The van der Waals surface area contributed by atoms with Crippen molar-refractivity contribution in [2.75, 3.05) is 0 Å². The summed E-state index contributed by atoms with van der Waals surface area (Å²) in [5.74, 6) is 0. The molecule has 0 spiro atoms. The van der Waals surface area contributed by atoms with Gasteiger partial charge in [0.15, 0.2) is 0 Å². The van der Waals surface area contributed by atoms with Crippen molar-refractivity contribution in [2.45, 2.75) is 0 Å². The Kier molecular flexibility index (Phi) is 2690. The summed E-state index contributed by atoms with van der Waals surface area (Å²) < 4.78 is 0. The predicted molar refractivity (Wildman–Crippen MR) is 3.61 cm³/mol. The zero-order valence-electron chi connectivity index (χ0n) is 3.81. The molecule has 0 saturated heterocycles. The maximum Gasteiger partial charge on any atom is 4.00 e. The zero-order valence-corrected chi connectivity index (χ0v) is 13.9. The summed E-state index contributed by atoms with van der Waals surface area (Å²) in [7, 11) is 0. The molecule has 0 bridgehead atoms. The third-order valence-corrected chi connectivity index (χ3v) is 0. The van der Waals surface area contributed by atoms with Crippen molar-refractivity contribution in [3.8, 4) is 0 Å². The van der Waals surface area contributed by atoms with Crippen molar-refractivity contribution in [3.05, 3.63) is 0 Å². The van der Waals surface area contributed by atoms with Crippen LogP contribution in [-0.2, 0) is 40.2 Å². The normalized spacial score (nSPS) is 0. The quantitative estimate of drug-likeness (QED) is 0.250. The first-order valence-corrected chi connectivity index (χ1v) is 0. The molecule has 0 unspecified atom stereocenters. The average molecular weight is 651 g/mol. The van der Waals surface area contributed by atoms with Crippen LogP contribution in [0.5, 0.6) is 0 Å². The smallest absolute Gasteiger partial charge is 1.00 e. The molecule has 0 rings (SSSR count). The molecule has 0 saturated carbocycles. The third-order valence-electron chi connectivity index (χ3n) is 0. The van der Waals surface area contributed by atoms with Crippen molar-refractivity contribution in [3.63, 3.8) is 0 Å². The molecule has 10 heteroatoms. The third kappa shape index (κ3) is 110. The van der Waals surface area contributed by atoms with Crippen LogP contribution in [0.2, 0.25) is 0 Å². The molecule has 0 aliphatic carbocycles. The van der Waals surface area contributed by atoms with Gasteiger partial charge >= 0.3 is 40.2 Å². The van der Waals surface area contributed by atoms with E-state index in [4.69, 9.17) is 0 Å². The van der Waals surface area contributed by atoms with Crippen LogP contribution >= 0.6 is 0 Å². The number of halogens is 7. The van der Waals surface area contributed by atoms with E-state index in [0.717, 1.165) is 0 Å². The Balaban J connectivity index is 0. The molecule has 0 aromatic heterocycles. The van der Waals surface area contributed by atoms with Gasteiger partial charge in [0, 0.05) is 0 Å². The molecule has 0 aromatic rings. The zero-order chi connectivity index (χ0) is 0. The van der Waals surface area contributed by atoms with E-state index in [1.54, 1.807) is 0 Å². The Morgan fingerprint density at radius 2 is 0.400 bits per heavy atom. The molecular formula is H2Cl7Ir2O. The van der Waals surface area contributed by atoms with Crippen LogP contribution in [0.1, 0.15) is 0 Å². The van der Waals surface area contributed by atoms with E-state index in [-0.39, 0.29) is 133 Å². The summed E-state index contributed by atoms with van der Waals surface area (Å²) in [5, 5.41) is 0. The van der Waals surface area contributed by atoms with Gasteiger partial charge in [-0.25, -0.2) is 0 Å². The average Bonchev–Trinajstić information content (AvgIpc) is 0. The van der Waals surface area contributed by atoms with E-state index in [2.05, 4.69) is 0 Å². The van der Waals surface area contributed by atoms with Crippen LogP contribution in [0.25, 0.3) is 0 Å². The molecule has 2 N–H and O–H groups in total. The van der Waals surface area contributed by atoms with Crippen LogP contribution in [0.15, 0.2) is 0 Å². The molecule has 0 fully saturated rings. The Labute approximate surface area is 131 Å². The summed E-state index contributed by atoms with van der Waals surface area (Å²) in [6.45, 7) is 0. The van der Waals surface area contributed by atoms with Gasteiger partial charge in [-0.15, -0.1) is 0 Å². The molecule has 1 nitrogen and oxygen atoms in total. The van der Waals surface area contributed by atoms with E-state index >= 15 is 0 Å². The minimum Gasteiger partial charge on any atom is -1.00 e. The first-order chi connectivity index (χ1) is 0. The van der Waals surface area contributed by atoms with Gasteiger partial charge in [-0.1, -0.05) is 0 Å². The first-order valence-electron chi connectivity index (χ1n) is 0. The second-order valence-corrected chi connectivity index (χ2v) is 0. The van der Waals surface area contributed by atoms with Gasteiger partial charge in [-0.3, -0.25) is 0 Å². The SMILES string of the molecule is O.[Cl-].[Cl-].[Cl-].[Cl-].[Cl-].[Cl-].[Cl-].[Ir+3].[Ir+4]. The van der Waals surface area contributed by atoms with Gasteiger partial charge in [-0.05, 0) is 0 Å². The number of hydrogen-bond donors (Lipinski definition) is 0.